The maximum Gasteiger partial charge on any atom is 0.291 e. The molecule has 0 saturated carbocycles. The Hall–Kier alpha value is -1.72. The van der Waals surface area contributed by atoms with Gasteiger partial charge in [0.15, 0.2) is 0 Å². The molecule has 0 N–H and O–H groups in total. The van der Waals surface area contributed by atoms with E-state index in [2.05, 4.69) is 5.10 Å². The van der Waals surface area contributed by atoms with Gasteiger partial charge in [0.2, 0.25) is 5.78 Å². The van der Waals surface area contributed by atoms with E-state index < -0.39 is 23.1 Å². The van der Waals surface area contributed by atoms with Crippen LogP contribution in [0.25, 0.3) is 0 Å². The highest BCUT2D eigenvalue weighted by Crippen LogP contribution is 2.26. The molecule has 2 heterocycles. The van der Waals surface area contributed by atoms with E-state index in [0.717, 1.165) is 19.3 Å². The van der Waals surface area contributed by atoms with Crippen molar-refractivity contribution in [1.82, 2.24) is 9.91 Å². The van der Waals surface area contributed by atoms with Gasteiger partial charge >= 0.3 is 0 Å². The average molecular weight is 307 g/mol. The molecule has 2 aliphatic rings. The quantitative estimate of drug-likeness (QED) is 0.741. The van der Waals surface area contributed by atoms with Crippen LogP contribution in [0, 0.1) is 5.41 Å². The fraction of sp³-hybridized carbons (Fsp3) is 0.750. The minimum atomic E-state index is -0.687. The van der Waals surface area contributed by atoms with Crippen molar-refractivity contribution in [3.05, 3.63) is 0 Å². The predicted molar refractivity (Wildman–Crippen MR) is 83.3 cm³/mol. The van der Waals surface area contributed by atoms with Gasteiger partial charge in [0.05, 0.1) is 0 Å². The lowest BCUT2D eigenvalue weighted by molar-refractivity contribution is -0.155. The van der Waals surface area contributed by atoms with Gasteiger partial charge in [-0.25, -0.2) is 5.01 Å². The van der Waals surface area contributed by atoms with Crippen LogP contribution in [0.4, 0.5) is 0 Å². The first-order chi connectivity index (χ1) is 10.4. The van der Waals surface area contributed by atoms with Crippen molar-refractivity contribution in [2.75, 3.05) is 13.1 Å². The molecule has 0 aliphatic carbocycles. The van der Waals surface area contributed by atoms with Gasteiger partial charge in [0.25, 0.3) is 11.8 Å². The van der Waals surface area contributed by atoms with Gasteiger partial charge in [0.1, 0.15) is 6.04 Å². The number of hydrazone groups is 1. The number of piperidine rings is 1. The molecular weight excluding hydrogens is 282 g/mol. The molecule has 1 saturated heterocycles. The summed E-state index contributed by atoms with van der Waals surface area (Å²) >= 11 is 0. The minimum absolute atomic E-state index is 0.163. The fourth-order valence-electron chi connectivity index (χ4n) is 2.75. The van der Waals surface area contributed by atoms with Crippen LogP contribution in [0.5, 0.6) is 0 Å². The zero-order valence-electron chi connectivity index (χ0n) is 13.7. The summed E-state index contributed by atoms with van der Waals surface area (Å²) in [6.45, 7) is 6.48. The monoisotopic (exact) mass is 307 g/mol. The summed E-state index contributed by atoms with van der Waals surface area (Å²) in [5.41, 5.74) is -0.687. The van der Waals surface area contributed by atoms with E-state index in [1.54, 1.807) is 20.1 Å². The predicted octanol–water partition coefficient (Wildman–Crippen LogP) is 1.59. The van der Waals surface area contributed by atoms with Gasteiger partial charge in [-0.1, -0.05) is 20.8 Å². The first-order valence-electron chi connectivity index (χ1n) is 8.07. The first kappa shape index (κ1) is 16.6. The molecule has 2 rings (SSSR count). The molecule has 0 unspecified atom stereocenters. The number of hydrogen-bond acceptors (Lipinski definition) is 4. The van der Waals surface area contributed by atoms with Gasteiger partial charge in [-0.2, -0.15) is 5.10 Å². The van der Waals surface area contributed by atoms with Gasteiger partial charge in [-0.15, -0.1) is 0 Å². The van der Waals surface area contributed by atoms with Crippen molar-refractivity contribution < 1.29 is 14.4 Å². The van der Waals surface area contributed by atoms with Crippen LogP contribution in [-0.4, -0.2) is 52.9 Å². The Labute approximate surface area is 131 Å². The molecule has 122 valence electrons. The molecule has 2 amide bonds. The Morgan fingerprint density at radius 2 is 1.95 bits per heavy atom. The Balaban J connectivity index is 2.15. The normalized spacial score (nSPS) is 22.0. The van der Waals surface area contributed by atoms with Crippen molar-refractivity contribution in [2.24, 2.45) is 10.5 Å². The fourth-order valence-corrected chi connectivity index (χ4v) is 2.75. The van der Waals surface area contributed by atoms with Crippen molar-refractivity contribution in [1.29, 1.82) is 0 Å². The van der Waals surface area contributed by atoms with Gasteiger partial charge < -0.3 is 4.90 Å². The smallest absolute Gasteiger partial charge is 0.291 e. The second-order valence-corrected chi connectivity index (χ2v) is 6.62. The number of likely N-dealkylation sites (tertiary alicyclic amines) is 1. The standard InChI is InChI=1S/C16H25N3O3/c1-4-16(2,3)13(20)15(22)18-10-6-5-8-12(18)14(21)19-11-7-9-17-19/h9,12H,4-8,10-11H2,1-3H3/t12-/m0/s1. The summed E-state index contributed by atoms with van der Waals surface area (Å²) in [6, 6.07) is -0.548. The van der Waals surface area contributed by atoms with E-state index in [1.165, 1.54) is 9.91 Å². The molecule has 1 fully saturated rings. The zero-order chi connectivity index (χ0) is 16.3. The van der Waals surface area contributed by atoms with Crippen LogP contribution < -0.4 is 0 Å². The lowest BCUT2D eigenvalue weighted by Crippen LogP contribution is -2.55. The van der Waals surface area contributed by atoms with Gasteiger partial charge in [-0.3, -0.25) is 14.4 Å². The summed E-state index contributed by atoms with van der Waals surface area (Å²) in [5, 5.41) is 5.47. The lowest BCUT2D eigenvalue weighted by atomic mass is 9.84. The van der Waals surface area contributed by atoms with Gasteiger partial charge in [0, 0.05) is 31.1 Å². The van der Waals surface area contributed by atoms with E-state index in [4.69, 9.17) is 0 Å². The number of carbonyl (C=O) groups is 3. The Morgan fingerprint density at radius 1 is 1.23 bits per heavy atom. The maximum atomic E-state index is 12.6. The number of nitrogens with zero attached hydrogens (tertiary/aromatic N) is 3. The molecule has 0 aromatic carbocycles. The third-order valence-corrected chi connectivity index (χ3v) is 4.69. The number of carbonyl (C=O) groups excluding carboxylic acids is 3. The SMILES string of the molecule is CCC(C)(C)C(=O)C(=O)N1CCCC[C@H]1C(=O)N1CCC=N1. The third-order valence-electron chi connectivity index (χ3n) is 4.69. The van der Waals surface area contributed by atoms with Crippen LogP contribution >= 0.6 is 0 Å². The molecule has 0 aromatic heterocycles. The second-order valence-electron chi connectivity index (χ2n) is 6.62. The summed E-state index contributed by atoms with van der Waals surface area (Å²) in [7, 11) is 0. The minimum Gasteiger partial charge on any atom is -0.324 e. The number of rotatable bonds is 4. The number of ketones is 1. The zero-order valence-corrected chi connectivity index (χ0v) is 13.7. The van der Waals surface area contributed by atoms with Crippen molar-refractivity contribution in [3.63, 3.8) is 0 Å². The Bertz CT molecular complexity index is 499. The lowest BCUT2D eigenvalue weighted by Gasteiger charge is -2.36. The highest BCUT2D eigenvalue weighted by Gasteiger charge is 2.41. The number of amides is 2. The van der Waals surface area contributed by atoms with Crippen molar-refractivity contribution >= 4 is 23.8 Å². The van der Waals surface area contributed by atoms with Gasteiger partial charge in [-0.05, 0) is 25.7 Å². The summed E-state index contributed by atoms with van der Waals surface area (Å²) in [5.74, 6) is -1.09. The van der Waals surface area contributed by atoms with Crippen LogP contribution in [0.3, 0.4) is 0 Å². The Kier molecular flexibility index (Phi) is 4.98. The van der Waals surface area contributed by atoms with Crippen LogP contribution in [0.1, 0.15) is 52.9 Å². The first-order valence-corrected chi connectivity index (χ1v) is 8.07. The van der Waals surface area contributed by atoms with Crippen LogP contribution in [0.15, 0.2) is 5.10 Å². The third kappa shape index (κ3) is 3.20. The molecule has 6 nitrogen and oxygen atoms in total. The number of Topliss-reactive ketones (excluding diaryl/α,β-unsaturated/α-hetero) is 1. The molecule has 6 heteroatoms. The van der Waals surface area contributed by atoms with Crippen LogP contribution in [0.2, 0.25) is 0 Å². The summed E-state index contributed by atoms with van der Waals surface area (Å²) in [4.78, 5) is 39.1. The summed E-state index contributed by atoms with van der Waals surface area (Å²) < 4.78 is 0. The van der Waals surface area contributed by atoms with E-state index in [9.17, 15) is 14.4 Å². The molecule has 1 atom stereocenters. The highest BCUT2D eigenvalue weighted by molar-refractivity contribution is 6.38. The molecule has 22 heavy (non-hydrogen) atoms. The van der Waals surface area contributed by atoms with Crippen LogP contribution in [-0.2, 0) is 14.4 Å². The largest absolute Gasteiger partial charge is 0.324 e. The topological polar surface area (TPSA) is 70.1 Å². The molecule has 0 radical (unpaired) electrons. The molecular formula is C16H25N3O3. The van der Waals surface area contributed by atoms with E-state index >= 15 is 0 Å². The molecule has 0 bridgehead atoms. The van der Waals surface area contributed by atoms with E-state index in [0.29, 0.717) is 25.9 Å². The maximum absolute atomic E-state index is 12.6. The van der Waals surface area contributed by atoms with E-state index in [-0.39, 0.29) is 5.91 Å². The van der Waals surface area contributed by atoms with Crippen molar-refractivity contribution in [3.8, 4) is 0 Å². The highest BCUT2D eigenvalue weighted by atomic mass is 16.2. The molecule has 2 aliphatic heterocycles. The Morgan fingerprint density at radius 3 is 2.55 bits per heavy atom. The molecule has 0 spiro atoms. The average Bonchev–Trinajstić information content (AvgIpc) is 3.07. The number of hydrogen-bond donors (Lipinski definition) is 0. The van der Waals surface area contributed by atoms with Crippen molar-refractivity contribution in [2.45, 2.75) is 58.9 Å². The van der Waals surface area contributed by atoms with E-state index in [1.807, 2.05) is 6.92 Å². The second kappa shape index (κ2) is 6.58. The summed E-state index contributed by atoms with van der Waals surface area (Å²) in [6.07, 6.45) is 5.38. The molecule has 0 aromatic rings.